The van der Waals surface area contributed by atoms with Crippen LogP contribution in [-0.2, 0) is 11.3 Å². The van der Waals surface area contributed by atoms with E-state index in [1.165, 1.54) is 24.8 Å². The highest BCUT2D eigenvalue weighted by Crippen LogP contribution is 2.69. The van der Waals surface area contributed by atoms with Crippen molar-refractivity contribution in [3.8, 4) is 0 Å². The third-order valence-corrected chi connectivity index (χ3v) is 8.02. The fraction of sp³-hybridized carbons (Fsp3) is 0.609. The largest absolute Gasteiger partial charge is 0.342 e. The van der Waals surface area contributed by atoms with E-state index in [9.17, 15) is 4.79 Å². The Morgan fingerprint density at radius 3 is 2.57 bits per heavy atom. The van der Waals surface area contributed by atoms with E-state index in [2.05, 4.69) is 31.7 Å². The topological polar surface area (TPSA) is 51.0 Å². The number of piperidine rings is 1. The van der Waals surface area contributed by atoms with Gasteiger partial charge in [0.05, 0.1) is 6.54 Å². The van der Waals surface area contributed by atoms with Crippen LogP contribution < -0.4 is 0 Å². The van der Waals surface area contributed by atoms with E-state index >= 15 is 0 Å². The summed E-state index contributed by atoms with van der Waals surface area (Å²) in [5, 5.41) is 0. The number of rotatable bonds is 4. The van der Waals surface area contributed by atoms with Crippen LogP contribution in [0, 0.1) is 29.6 Å². The molecule has 0 spiro atoms. The van der Waals surface area contributed by atoms with Gasteiger partial charge in [-0.3, -0.25) is 9.78 Å². The molecule has 4 fully saturated rings. The zero-order chi connectivity index (χ0) is 18.7. The quantitative estimate of drug-likeness (QED) is 0.822. The molecule has 5 heteroatoms. The third-order valence-electron chi connectivity index (χ3n) is 8.02. The Kier molecular flexibility index (Phi) is 3.85. The van der Waals surface area contributed by atoms with E-state index in [1.807, 2.05) is 24.7 Å². The summed E-state index contributed by atoms with van der Waals surface area (Å²) in [6, 6.07) is 4.09. The van der Waals surface area contributed by atoms with Crippen LogP contribution in [0.5, 0.6) is 0 Å². The average molecular weight is 377 g/mol. The minimum Gasteiger partial charge on any atom is -0.342 e. The van der Waals surface area contributed by atoms with E-state index in [1.54, 1.807) is 0 Å². The van der Waals surface area contributed by atoms with Gasteiger partial charge < -0.3 is 9.47 Å². The van der Waals surface area contributed by atoms with Gasteiger partial charge in [-0.05, 0) is 67.4 Å². The van der Waals surface area contributed by atoms with Gasteiger partial charge in [-0.15, -0.1) is 0 Å². The molecule has 3 heterocycles. The second-order valence-corrected chi connectivity index (χ2v) is 9.39. The lowest BCUT2D eigenvalue weighted by Crippen LogP contribution is -2.40. The number of likely N-dealkylation sites (tertiary alicyclic amines) is 1. The van der Waals surface area contributed by atoms with Gasteiger partial charge in [0.25, 0.3) is 0 Å². The Hall–Kier alpha value is -2.17. The molecule has 5 nitrogen and oxygen atoms in total. The fourth-order valence-corrected chi connectivity index (χ4v) is 6.73. The molecule has 0 aromatic carbocycles. The number of pyridine rings is 1. The fourth-order valence-electron chi connectivity index (χ4n) is 6.73. The van der Waals surface area contributed by atoms with Crippen LogP contribution in [0.25, 0.3) is 0 Å². The number of hydrogen-bond donors (Lipinski definition) is 0. The van der Waals surface area contributed by atoms with Gasteiger partial charge in [0.15, 0.2) is 0 Å². The second-order valence-electron chi connectivity index (χ2n) is 9.39. The number of hydrogen-bond acceptors (Lipinski definition) is 3. The van der Waals surface area contributed by atoms with Crippen LogP contribution >= 0.6 is 0 Å². The van der Waals surface area contributed by atoms with Crippen LogP contribution in [0.4, 0.5) is 0 Å². The van der Waals surface area contributed by atoms with Gasteiger partial charge in [0.1, 0.15) is 5.82 Å². The summed E-state index contributed by atoms with van der Waals surface area (Å²) < 4.78 is 2.25. The number of carbonyl (C=O) groups is 1. The first kappa shape index (κ1) is 16.8. The highest BCUT2D eigenvalue weighted by Gasteiger charge is 2.68. The van der Waals surface area contributed by atoms with Crippen molar-refractivity contribution in [2.24, 2.45) is 29.6 Å². The number of imidazole rings is 1. The molecular formula is C23H28N4O. The highest BCUT2D eigenvalue weighted by atomic mass is 16.2. The van der Waals surface area contributed by atoms with Gasteiger partial charge >= 0.3 is 0 Å². The van der Waals surface area contributed by atoms with E-state index < -0.39 is 0 Å². The molecule has 6 rings (SSSR count). The molecule has 3 saturated carbocycles. The molecule has 0 N–H and O–H groups in total. The van der Waals surface area contributed by atoms with E-state index in [4.69, 9.17) is 0 Å². The number of aromatic nitrogens is 3. The second kappa shape index (κ2) is 6.43. The van der Waals surface area contributed by atoms with Crippen LogP contribution in [0.15, 0.2) is 36.9 Å². The molecule has 1 amide bonds. The molecule has 3 aliphatic carbocycles. The smallest absolute Gasteiger partial charge is 0.226 e. The summed E-state index contributed by atoms with van der Waals surface area (Å²) in [5.41, 5.74) is 1.20. The van der Waals surface area contributed by atoms with E-state index in [0.717, 1.165) is 62.0 Å². The molecule has 5 atom stereocenters. The minimum absolute atomic E-state index is 0.385. The van der Waals surface area contributed by atoms with Crippen molar-refractivity contribution in [1.82, 2.24) is 19.4 Å². The van der Waals surface area contributed by atoms with Crippen molar-refractivity contribution in [2.45, 2.75) is 44.6 Å². The molecule has 0 radical (unpaired) electrons. The van der Waals surface area contributed by atoms with Crippen LogP contribution in [-0.4, -0.2) is 38.4 Å². The van der Waals surface area contributed by atoms with Gasteiger partial charge in [-0.1, -0.05) is 6.07 Å². The maximum Gasteiger partial charge on any atom is 0.226 e. The summed E-state index contributed by atoms with van der Waals surface area (Å²) >= 11 is 0. The first-order valence-corrected chi connectivity index (χ1v) is 11.0. The van der Waals surface area contributed by atoms with Gasteiger partial charge in [-0.2, -0.15) is 0 Å². The maximum absolute atomic E-state index is 13.1. The monoisotopic (exact) mass is 376 g/mol. The number of amides is 1. The Morgan fingerprint density at radius 1 is 1.07 bits per heavy atom. The molecule has 1 aliphatic heterocycles. The van der Waals surface area contributed by atoms with Crippen molar-refractivity contribution in [1.29, 1.82) is 0 Å². The number of fused-ring (bicyclic) bond motifs is 5. The lowest BCUT2D eigenvalue weighted by Gasteiger charge is -2.32. The molecule has 1 saturated heterocycles. The maximum atomic E-state index is 13.1. The molecule has 2 aromatic heterocycles. The van der Waals surface area contributed by atoms with Crippen LogP contribution in [0.1, 0.15) is 49.4 Å². The average Bonchev–Trinajstić information content (AvgIpc) is 3.06. The standard InChI is InChI=1S/C23H28N4O/c28-23(21-19-17-3-4-18(12-17)20(19)21)26-9-5-16(6-10-26)22-25-8-11-27(22)14-15-2-1-7-24-13-15/h1-2,7-8,11,13,16-21H,3-6,9-10,12,14H2/t17-,18+,19+,20-,21?. The van der Waals surface area contributed by atoms with E-state index in [0.29, 0.717) is 17.7 Å². The predicted octanol–water partition coefficient (Wildman–Crippen LogP) is 3.32. The van der Waals surface area contributed by atoms with Crippen molar-refractivity contribution >= 4 is 5.91 Å². The van der Waals surface area contributed by atoms with Crippen molar-refractivity contribution in [3.05, 3.63) is 48.3 Å². The van der Waals surface area contributed by atoms with Crippen LogP contribution in [0.2, 0.25) is 0 Å². The van der Waals surface area contributed by atoms with Crippen molar-refractivity contribution < 1.29 is 4.79 Å². The summed E-state index contributed by atoms with van der Waals surface area (Å²) in [6.07, 6.45) is 14.0. The van der Waals surface area contributed by atoms with Crippen molar-refractivity contribution in [2.75, 3.05) is 13.1 Å². The summed E-state index contributed by atoms with van der Waals surface area (Å²) in [4.78, 5) is 24.2. The molecule has 2 bridgehead atoms. The highest BCUT2D eigenvalue weighted by molar-refractivity contribution is 5.83. The summed E-state index contributed by atoms with van der Waals surface area (Å²) in [6.45, 7) is 2.61. The summed E-state index contributed by atoms with van der Waals surface area (Å²) in [7, 11) is 0. The minimum atomic E-state index is 0.385. The third kappa shape index (κ3) is 2.62. The van der Waals surface area contributed by atoms with Gasteiger partial charge in [0, 0.05) is 49.7 Å². The Bertz CT molecular complexity index is 854. The Labute approximate surface area is 166 Å². The molecule has 2 aromatic rings. The number of carbonyl (C=O) groups excluding carboxylic acids is 1. The molecule has 4 aliphatic rings. The zero-order valence-corrected chi connectivity index (χ0v) is 16.3. The normalized spacial score (nSPS) is 33.9. The Balaban J connectivity index is 1.09. The van der Waals surface area contributed by atoms with E-state index in [-0.39, 0.29) is 0 Å². The van der Waals surface area contributed by atoms with Crippen molar-refractivity contribution in [3.63, 3.8) is 0 Å². The lowest BCUT2D eigenvalue weighted by molar-refractivity contribution is -0.134. The van der Waals surface area contributed by atoms with Gasteiger partial charge in [0.2, 0.25) is 5.91 Å². The zero-order valence-electron chi connectivity index (χ0n) is 16.3. The van der Waals surface area contributed by atoms with Crippen LogP contribution in [0.3, 0.4) is 0 Å². The lowest BCUT2D eigenvalue weighted by atomic mass is 9.94. The molecular weight excluding hydrogens is 348 g/mol. The first-order chi connectivity index (χ1) is 13.8. The molecule has 1 unspecified atom stereocenters. The predicted molar refractivity (Wildman–Crippen MR) is 105 cm³/mol. The molecule has 28 heavy (non-hydrogen) atoms. The SMILES string of the molecule is O=C(C1[C@@H]2[C@H]3CC[C@H](C3)[C@H]12)N1CCC(c2nccn2Cc2cccnc2)CC1. The molecule has 146 valence electrons. The number of nitrogens with zero attached hydrogens (tertiary/aromatic N) is 4. The Morgan fingerprint density at radius 2 is 1.86 bits per heavy atom. The van der Waals surface area contributed by atoms with Gasteiger partial charge in [-0.25, -0.2) is 4.98 Å². The first-order valence-electron chi connectivity index (χ1n) is 11.0. The summed E-state index contributed by atoms with van der Waals surface area (Å²) in [5.74, 6) is 5.73.